The van der Waals surface area contributed by atoms with Gasteiger partial charge in [-0.3, -0.25) is 9.36 Å². The summed E-state index contributed by atoms with van der Waals surface area (Å²) in [5.74, 6) is 0.106. The van der Waals surface area contributed by atoms with E-state index in [4.69, 9.17) is 4.98 Å². The normalized spacial score (nSPS) is 15.5. The highest BCUT2D eigenvalue weighted by Crippen LogP contribution is 2.39. The van der Waals surface area contributed by atoms with Gasteiger partial charge >= 0.3 is 0 Å². The van der Waals surface area contributed by atoms with E-state index in [1.165, 1.54) is 12.1 Å². The Balaban J connectivity index is 1.66. The number of hydrogen-bond donors (Lipinski definition) is 2. The van der Waals surface area contributed by atoms with Crippen LogP contribution in [0.1, 0.15) is 24.1 Å². The van der Waals surface area contributed by atoms with Crippen molar-refractivity contribution in [3.8, 4) is 0 Å². The molecule has 5 rings (SSSR count). The van der Waals surface area contributed by atoms with E-state index in [-0.39, 0.29) is 17.8 Å². The van der Waals surface area contributed by atoms with E-state index >= 15 is 0 Å². The molecule has 0 aliphatic carbocycles. The average molecular weight is 412 g/mol. The Bertz CT molecular complexity index is 1340. The largest absolute Gasteiger partial charge is 0.329 e. The first-order valence-electron chi connectivity index (χ1n) is 10.1. The lowest BCUT2D eigenvalue weighted by molar-refractivity contribution is -0.113. The van der Waals surface area contributed by atoms with Crippen LogP contribution in [0.5, 0.6) is 0 Å². The molecule has 1 unspecified atom stereocenters. The maximum Gasteiger partial charge on any atom is 0.255 e. The minimum atomic E-state index is -0.357. The van der Waals surface area contributed by atoms with Crippen LogP contribution in [0.15, 0.2) is 84.1 Å². The fraction of sp³-hybridized carbons (Fsp3) is 0.120. The van der Waals surface area contributed by atoms with Gasteiger partial charge in [0.25, 0.3) is 5.91 Å². The molecule has 0 fully saturated rings. The Morgan fingerprint density at radius 2 is 1.81 bits per heavy atom. The van der Waals surface area contributed by atoms with E-state index < -0.39 is 0 Å². The third-order valence-electron chi connectivity index (χ3n) is 5.54. The van der Waals surface area contributed by atoms with E-state index in [0.29, 0.717) is 17.2 Å². The van der Waals surface area contributed by atoms with Crippen LogP contribution in [-0.4, -0.2) is 15.5 Å². The molecule has 154 valence electrons. The number of carbonyl (C=O) groups is 1. The van der Waals surface area contributed by atoms with Crippen molar-refractivity contribution >= 4 is 28.6 Å². The monoisotopic (exact) mass is 412 g/mol. The van der Waals surface area contributed by atoms with Crippen LogP contribution in [-0.2, 0) is 4.79 Å². The summed E-state index contributed by atoms with van der Waals surface area (Å²) >= 11 is 0. The molecular formula is C25H21FN4O. The third-order valence-corrected chi connectivity index (χ3v) is 5.54. The van der Waals surface area contributed by atoms with Gasteiger partial charge < -0.3 is 10.6 Å². The van der Waals surface area contributed by atoms with Gasteiger partial charge in [-0.15, -0.1) is 0 Å². The summed E-state index contributed by atoms with van der Waals surface area (Å²) < 4.78 is 15.4. The zero-order valence-electron chi connectivity index (χ0n) is 17.2. The Kier molecular flexibility index (Phi) is 4.55. The molecule has 5 nitrogen and oxygen atoms in total. The average Bonchev–Trinajstić information content (AvgIpc) is 3.12. The summed E-state index contributed by atoms with van der Waals surface area (Å²) in [6, 6.07) is 21.4. The summed E-state index contributed by atoms with van der Waals surface area (Å²) in [6.45, 7) is 3.91. The lowest BCUT2D eigenvalue weighted by Gasteiger charge is -2.31. The first-order chi connectivity index (χ1) is 15.0. The summed E-state index contributed by atoms with van der Waals surface area (Å²) in [5.41, 5.74) is 5.76. The van der Waals surface area contributed by atoms with Gasteiger partial charge in [0.05, 0.1) is 22.6 Å². The Morgan fingerprint density at radius 3 is 2.58 bits per heavy atom. The minimum absolute atomic E-state index is 0.244. The molecule has 1 aliphatic rings. The van der Waals surface area contributed by atoms with Crippen molar-refractivity contribution < 1.29 is 9.18 Å². The predicted molar refractivity (Wildman–Crippen MR) is 120 cm³/mol. The lowest BCUT2D eigenvalue weighted by Crippen LogP contribution is -2.31. The maximum absolute atomic E-state index is 13.5. The molecule has 0 saturated carbocycles. The molecule has 4 aromatic rings. The van der Waals surface area contributed by atoms with E-state index in [2.05, 4.69) is 21.3 Å². The number of benzene rings is 3. The van der Waals surface area contributed by atoms with Gasteiger partial charge in [-0.05, 0) is 55.8 Å². The van der Waals surface area contributed by atoms with E-state index in [1.807, 2.05) is 56.3 Å². The van der Waals surface area contributed by atoms with Crippen LogP contribution in [0.25, 0.3) is 11.0 Å². The quantitative estimate of drug-likeness (QED) is 0.473. The predicted octanol–water partition coefficient (Wildman–Crippen LogP) is 5.41. The number of halogens is 1. The number of nitrogens with one attached hydrogen (secondary N) is 2. The Labute approximate surface area is 179 Å². The van der Waals surface area contributed by atoms with Crippen LogP contribution in [0.4, 0.5) is 16.0 Å². The number of amides is 1. The summed E-state index contributed by atoms with van der Waals surface area (Å²) in [7, 11) is 0. The molecule has 3 aromatic carbocycles. The number of aromatic nitrogens is 2. The summed E-state index contributed by atoms with van der Waals surface area (Å²) in [4.78, 5) is 18.2. The number of allylic oxidation sites excluding steroid dienone is 1. The minimum Gasteiger partial charge on any atom is -0.329 e. The fourth-order valence-corrected chi connectivity index (χ4v) is 4.15. The second-order valence-corrected chi connectivity index (χ2v) is 7.74. The number of rotatable bonds is 3. The maximum atomic E-state index is 13.5. The van der Waals surface area contributed by atoms with Crippen LogP contribution < -0.4 is 10.6 Å². The number of fused-ring (bicyclic) bond motifs is 3. The number of hydrogen-bond acceptors (Lipinski definition) is 3. The van der Waals surface area contributed by atoms with Crippen molar-refractivity contribution in [2.24, 2.45) is 0 Å². The first kappa shape index (κ1) is 19.1. The molecule has 1 amide bonds. The zero-order valence-corrected chi connectivity index (χ0v) is 17.2. The number of imidazole rings is 1. The standard InChI is InChI=1S/C25H21FN4O/c1-15-6-5-7-17(14-15)23-22(24(31)28-19-12-10-18(26)11-13-19)16(2)27-25-29-20-8-3-4-9-21(20)30(23)25/h3-14,23H,1-2H3,(H,27,29)(H,28,31). The van der Waals surface area contributed by atoms with Crippen molar-refractivity contribution in [3.63, 3.8) is 0 Å². The molecule has 0 saturated heterocycles. The van der Waals surface area contributed by atoms with E-state index in [0.717, 1.165) is 27.9 Å². The highest BCUT2D eigenvalue weighted by Gasteiger charge is 2.34. The summed E-state index contributed by atoms with van der Waals surface area (Å²) in [5, 5.41) is 6.22. The van der Waals surface area contributed by atoms with Crippen LogP contribution in [0, 0.1) is 12.7 Å². The highest BCUT2D eigenvalue weighted by atomic mass is 19.1. The number of nitrogens with zero attached hydrogens (tertiary/aromatic N) is 2. The van der Waals surface area contributed by atoms with Crippen molar-refractivity contribution in [1.29, 1.82) is 0 Å². The van der Waals surface area contributed by atoms with Crippen LogP contribution >= 0.6 is 0 Å². The number of aryl methyl sites for hydroxylation is 1. The van der Waals surface area contributed by atoms with Crippen LogP contribution in [0.3, 0.4) is 0 Å². The van der Waals surface area contributed by atoms with Gasteiger partial charge in [-0.2, -0.15) is 0 Å². The number of anilines is 2. The van der Waals surface area contributed by atoms with Crippen molar-refractivity contribution in [3.05, 3.63) is 101 Å². The lowest BCUT2D eigenvalue weighted by atomic mass is 9.93. The van der Waals surface area contributed by atoms with Crippen molar-refractivity contribution in [2.45, 2.75) is 19.9 Å². The molecule has 2 N–H and O–H groups in total. The highest BCUT2D eigenvalue weighted by molar-refractivity contribution is 6.06. The molecule has 2 heterocycles. The molecule has 6 heteroatoms. The third kappa shape index (κ3) is 3.36. The Morgan fingerprint density at radius 1 is 1.03 bits per heavy atom. The number of para-hydroxylation sites is 2. The molecule has 1 atom stereocenters. The molecule has 31 heavy (non-hydrogen) atoms. The second kappa shape index (κ2) is 7.40. The molecule has 0 spiro atoms. The SMILES string of the molecule is CC1=C(C(=O)Nc2ccc(F)cc2)C(c2cccc(C)c2)n2c(nc3ccccc32)N1. The molecule has 1 aromatic heterocycles. The molecule has 1 aliphatic heterocycles. The first-order valence-corrected chi connectivity index (χ1v) is 10.1. The fourth-order valence-electron chi connectivity index (χ4n) is 4.15. The summed E-state index contributed by atoms with van der Waals surface area (Å²) in [6.07, 6.45) is 0. The smallest absolute Gasteiger partial charge is 0.255 e. The van der Waals surface area contributed by atoms with Crippen LogP contribution in [0.2, 0.25) is 0 Å². The van der Waals surface area contributed by atoms with Gasteiger partial charge in [-0.25, -0.2) is 9.37 Å². The van der Waals surface area contributed by atoms with E-state index in [9.17, 15) is 9.18 Å². The molecular weight excluding hydrogens is 391 g/mol. The Hall–Kier alpha value is -3.93. The molecule has 0 bridgehead atoms. The van der Waals surface area contributed by atoms with Crippen molar-refractivity contribution in [1.82, 2.24) is 9.55 Å². The van der Waals surface area contributed by atoms with Gasteiger partial charge in [0.15, 0.2) is 0 Å². The van der Waals surface area contributed by atoms with Gasteiger partial charge in [-0.1, -0.05) is 42.0 Å². The zero-order chi connectivity index (χ0) is 21.5. The molecule has 0 radical (unpaired) electrons. The van der Waals surface area contributed by atoms with Gasteiger partial charge in [0.2, 0.25) is 5.95 Å². The topological polar surface area (TPSA) is 59.0 Å². The van der Waals surface area contributed by atoms with Gasteiger partial charge in [0.1, 0.15) is 5.82 Å². The van der Waals surface area contributed by atoms with E-state index in [1.54, 1.807) is 12.1 Å². The number of carbonyl (C=O) groups excluding carboxylic acids is 1. The second-order valence-electron chi connectivity index (χ2n) is 7.74. The van der Waals surface area contributed by atoms with Gasteiger partial charge in [0, 0.05) is 11.4 Å². The van der Waals surface area contributed by atoms with Crippen molar-refractivity contribution in [2.75, 3.05) is 10.6 Å².